The predicted molar refractivity (Wildman–Crippen MR) is 76.1 cm³/mol. The lowest BCUT2D eigenvalue weighted by atomic mass is 9.91. The van der Waals surface area contributed by atoms with Gasteiger partial charge in [0.25, 0.3) is 5.91 Å². The molecule has 4 N–H and O–H groups in total. The number of H-pyrrole nitrogens is 1. The molecule has 6 heteroatoms. The lowest BCUT2D eigenvalue weighted by Gasteiger charge is -2.32. The van der Waals surface area contributed by atoms with Crippen LogP contribution in [0.15, 0.2) is 18.3 Å². The van der Waals surface area contributed by atoms with Gasteiger partial charge in [0.05, 0.1) is 6.54 Å². The molecular formula is C14H22N4O2. The Morgan fingerprint density at radius 1 is 1.40 bits per heavy atom. The summed E-state index contributed by atoms with van der Waals surface area (Å²) in [6.07, 6.45) is 5.66. The Labute approximate surface area is 118 Å². The van der Waals surface area contributed by atoms with Crippen molar-refractivity contribution in [2.24, 2.45) is 5.73 Å². The van der Waals surface area contributed by atoms with Gasteiger partial charge in [-0.1, -0.05) is 0 Å². The van der Waals surface area contributed by atoms with E-state index >= 15 is 0 Å². The Kier molecular flexibility index (Phi) is 4.92. The molecule has 2 rings (SSSR count). The van der Waals surface area contributed by atoms with Gasteiger partial charge in [0.2, 0.25) is 5.91 Å². The second kappa shape index (κ2) is 6.67. The second-order valence-electron chi connectivity index (χ2n) is 5.44. The molecule has 0 saturated heterocycles. The van der Waals surface area contributed by atoms with Crippen LogP contribution >= 0.6 is 0 Å². The smallest absolute Gasteiger partial charge is 0.274 e. The molecule has 2 amide bonds. The molecule has 6 nitrogen and oxygen atoms in total. The van der Waals surface area contributed by atoms with Crippen LogP contribution in [0.5, 0.6) is 0 Å². The van der Waals surface area contributed by atoms with Crippen molar-refractivity contribution in [3.63, 3.8) is 0 Å². The van der Waals surface area contributed by atoms with Crippen LogP contribution in [0.3, 0.4) is 0 Å². The van der Waals surface area contributed by atoms with E-state index in [9.17, 15) is 9.59 Å². The zero-order chi connectivity index (χ0) is 14.5. The number of nitrogens with zero attached hydrogens (tertiary/aromatic N) is 1. The standard InChI is InChI=1S/C14H22N4O2/c1-18(11-6-4-10(15)5-7-11)9-13(19)17-14(20)12-3-2-8-16-12/h2-3,8,10-11,16H,4-7,9,15H2,1H3,(H,17,19,20). The fraction of sp³-hybridized carbons (Fsp3) is 0.571. The first-order valence-electron chi connectivity index (χ1n) is 6.99. The summed E-state index contributed by atoms with van der Waals surface area (Å²) in [5.74, 6) is -0.666. The van der Waals surface area contributed by atoms with Crippen molar-refractivity contribution in [2.45, 2.75) is 37.8 Å². The molecule has 110 valence electrons. The highest BCUT2D eigenvalue weighted by Crippen LogP contribution is 2.20. The molecule has 0 bridgehead atoms. The van der Waals surface area contributed by atoms with Crippen LogP contribution in [-0.2, 0) is 4.79 Å². The molecule has 1 aromatic rings. The molecule has 1 aromatic heterocycles. The Hall–Kier alpha value is -1.66. The van der Waals surface area contributed by atoms with Crippen LogP contribution < -0.4 is 11.1 Å². The Bertz CT molecular complexity index is 450. The zero-order valence-electron chi connectivity index (χ0n) is 11.8. The van der Waals surface area contributed by atoms with E-state index < -0.39 is 0 Å². The van der Waals surface area contributed by atoms with Gasteiger partial charge in [-0.05, 0) is 44.9 Å². The van der Waals surface area contributed by atoms with Gasteiger partial charge in [-0.15, -0.1) is 0 Å². The number of carbonyl (C=O) groups is 2. The fourth-order valence-corrected chi connectivity index (χ4v) is 2.60. The average molecular weight is 278 g/mol. The van der Waals surface area contributed by atoms with E-state index in [4.69, 9.17) is 5.73 Å². The van der Waals surface area contributed by atoms with Crippen molar-refractivity contribution in [2.75, 3.05) is 13.6 Å². The maximum absolute atomic E-state index is 11.9. The summed E-state index contributed by atoms with van der Waals surface area (Å²) in [4.78, 5) is 28.3. The first-order valence-corrected chi connectivity index (χ1v) is 6.99. The number of hydrogen-bond acceptors (Lipinski definition) is 4. The molecule has 1 aliphatic rings. The number of carbonyl (C=O) groups excluding carboxylic acids is 2. The first-order chi connectivity index (χ1) is 9.56. The topological polar surface area (TPSA) is 91.2 Å². The number of imide groups is 1. The lowest BCUT2D eigenvalue weighted by Crippen LogP contribution is -2.44. The molecule has 0 unspecified atom stereocenters. The third kappa shape index (κ3) is 3.91. The van der Waals surface area contributed by atoms with Gasteiger partial charge in [-0.3, -0.25) is 19.8 Å². The molecule has 0 atom stereocenters. The van der Waals surface area contributed by atoms with Gasteiger partial charge in [-0.25, -0.2) is 0 Å². The summed E-state index contributed by atoms with van der Waals surface area (Å²) in [5.41, 5.74) is 6.27. The third-order valence-corrected chi connectivity index (χ3v) is 3.85. The SMILES string of the molecule is CN(CC(=O)NC(=O)c1ccc[nH]1)C1CCC(N)CC1. The highest BCUT2D eigenvalue weighted by atomic mass is 16.2. The van der Waals surface area contributed by atoms with Gasteiger partial charge in [0.15, 0.2) is 0 Å². The zero-order valence-corrected chi connectivity index (χ0v) is 11.8. The van der Waals surface area contributed by atoms with Crippen LogP contribution in [0, 0.1) is 0 Å². The molecule has 1 saturated carbocycles. The molecule has 20 heavy (non-hydrogen) atoms. The monoisotopic (exact) mass is 278 g/mol. The molecule has 1 aliphatic carbocycles. The number of aromatic amines is 1. The van der Waals surface area contributed by atoms with Crippen molar-refractivity contribution >= 4 is 11.8 Å². The maximum Gasteiger partial charge on any atom is 0.274 e. The minimum absolute atomic E-state index is 0.229. The largest absolute Gasteiger partial charge is 0.357 e. The van der Waals surface area contributed by atoms with E-state index in [-0.39, 0.29) is 18.4 Å². The summed E-state index contributed by atoms with van der Waals surface area (Å²) < 4.78 is 0. The van der Waals surface area contributed by atoms with E-state index in [0.29, 0.717) is 17.8 Å². The van der Waals surface area contributed by atoms with Gasteiger partial charge in [-0.2, -0.15) is 0 Å². The Balaban J connectivity index is 1.78. The lowest BCUT2D eigenvalue weighted by molar-refractivity contribution is -0.121. The molecule has 0 aliphatic heterocycles. The van der Waals surface area contributed by atoms with E-state index in [1.54, 1.807) is 18.3 Å². The second-order valence-corrected chi connectivity index (χ2v) is 5.44. The highest BCUT2D eigenvalue weighted by molar-refractivity contribution is 6.04. The van der Waals surface area contributed by atoms with Gasteiger partial charge in [0.1, 0.15) is 5.69 Å². The number of hydrogen-bond donors (Lipinski definition) is 3. The van der Waals surface area contributed by atoms with Gasteiger partial charge >= 0.3 is 0 Å². The number of likely N-dealkylation sites (N-methyl/N-ethyl adjacent to an activating group) is 1. The normalized spacial score (nSPS) is 22.8. The third-order valence-electron chi connectivity index (χ3n) is 3.85. The molecule has 1 heterocycles. The number of nitrogens with two attached hydrogens (primary N) is 1. The van der Waals surface area contributed by atoms with E-state index in [1.807, 2.05) is 11.9 Å². The van der Waals surface area contributed by atoms with Crippen LogP contribution in [0.4, 0.5) is 0 Å². The van der Waals surface area contributed by atoms with Crippen LogP contribution in [0.1, 0.15) is 36.2 Å². The van der Waals surface area contributed by atoms with Crippen LogP contribution in [-0.4, -0.2) is 47.4 Å². The quantitative estimate of drug-likeness (QED) is 0.747. The summed E-state index contributed by atoms with van der Waals surface area (Å²) >= 11 is 0. The van der Waals surface area contributed by atoms with E-state index in [1.165, 1.54) is 0 Å². The Morgan fingerprint density at radius 2 is 2.10 bits per heavy atom. The summed E-state index contributed by atoms with van der Waals surface area (Å²) in [7, 11) is 1.92. The predicted octanol–water partition coefficient (Wildman–Crippen LogP) is 0.473. The van der Waals surface area contributed by atoms with Crippen molar-refractivity contribution in [1.82, 2.24) is 15.2 Å². The van der Waals surface area contributed by atoms with Crippen LogP contribution in [0.25, 0.3) is 0 Å². The van der Waals surface area contributed by atoms with Crippen molar-refractivity contribution in [3.8, 4) is 0 Å². The number of rotatable bonds is 4. The van der Waals surface area contributed by atoms with Crippen molar-refractivity contribution < 1.29 is 9.59 Å². The van der Waals surface area contributed by atoms with Crippen molar-refractivity contribution in [1.29, 1.82) is 0 Å². The molecule has 0 aromatic carbocycles. The highest BCUT2D eigenvalue weighted by Gasteiger charge is 2.23. The van der Waals surface area contributed by atoms with Crippen molar-refractivity contribution in [3.05, 3.63) is 24.0 Å². The molecular weight excluding hydrogens is 256 g/mol. The van der Waals surface area contributed by atoms with E-state index in [0.717, 1.165) is 25.7 Å². The first kappa shape index (κ1) is 14.7. The fourth-order valence-electron chi connectivity index (χ4n) is 2.60. The maximum atomic E-state index is 11.9. The number of nitrogens with one attached hydrogen (secondary N) is 2. The number of amides is 2. The molecule has 0 radical (unpaired) electrons. The van der Waals surface area contributed by atoms with Crippen LogP contribution in [0.2, 0.25) is 0 Å². The number of aromatic nitrogens is 1. The molecule has 0 spiro atoms. The molecule has 1 fully saturated rings. The minimum Gasteiger partial charge on any atom is -0.357 e. The van der Waals surface area contributed by atoms with Gasteiger partial charge in [0, 0.05) is 18.3 Å². The Morgan fingerprint density at radius 3 is 2.70 bits per heavy atom. The average Bonchev–Trinajstić information content (AvgIpc) is 2.93. The van der Waals surface area contributed by atoms with E-state index in [2.05, 4.69) is 10.3 Å². The minimum atomic E-state index is -0.390. The summed E-state index contributed by atoms with van der Waals surface area (Å²) in [6.45, 7) is 0.229. The summed E-state index contributed by atoms with van der Waals surface area (Å²) in [5, 5.41) is 2.39. The van der Waals surface area contributed by atoms with Gasteiger partial charge < -0.3 is 10.7 Å². The summed E-state index contributed by atoms with van der Waals surface area (Å²) in [6, 6.07) is 4.02.